The Hall–Kier alpha value is -2.62. The second-order valence-corrected chi connectivity index (χ2v) is 4.26. The molecule has 0 amide bonds. The number of aldehydes is 1. The summed E-state index contributed by atoms with van der Waals surface area (Å²) in [6, 6.07) is 10.8. The highest BCUT2D eigenvalue weighted by molar-refractivity contribution is 6.14. The number of H-pyrrole nitrogens is 1. The quantitative estimate of drug-likeness (QED) is 0.564. The minimum absolute atomic E-state index is 0.379. The third-order valence-corrected chi connectivity index (χ3v) is 3.20. The van der Waals surface area contributed by atoms with Crippen LogP contribution in [-0.2, 0) is 4.74 Å². The Kier molecular flexibility index (Phi) is 2.56. The van der Waals surface area contributed by atoms with Crippen molar-refractivity contribution >= 4 is 34.1 Å². The van der Waals surface area contributed by atoms with Gasteiger partial charge in [0, 0.05) is 27.4 Å². The lowest BCUT2D eigenvalue weighted by Gasteiger charge is -1.99. The van der Waals surface area contributed by atoms with Gasteiger partial charge >= 0.3 is 5.97 Å². The first-order chi connectivity index (χ1) is 9.24. The van der Waals surface area contributed by atoms with Crippen molar-refractivity contribution in [1.29, 1.82) is 0 Å². The van der Waals surface area contributed by atoms with Crippen molar-refractivity contribution in [2.75, 3.05) is 7.11 Å². The highest BCUT2D eigenvalue weighted by Crippen LogP contribution is 2.28. The third kappa shape index (κ3) is 1.69. The number of methoxy groups -OCH3 is 1. The molecule has 19 heavy (non-hydrogen) atoms. The summed E-state index contributed by atoms with van der Waals surface area (Å²) in [7, 11) is 1.35. The molecule has 0 unspecified atom stereocenters. The van der Waals surface area contributed by atoms with Gasteiger partial charge < -0.3 is 9.72 Å². The van der Waals surface area contributed by atoms with Crippen LogP contribution < -0.4 is 0 Å². The van der Waals surface area contributed by atoms with Crippen molar-refractivity contribution in [2.45, 2.75) is 0 Å². The Morgan fingerprint density at radius 3 is 2.79 bits per heavy atom. The predicted octanol–water partition coefficient (Wildman–Crippen LogP) is 2.92. The fourth-order valence-corrected chi connectivity index (χ4v) is 2.33. The zero-order valence-corrected chi connectivity index (χ0v) is 10.3. The van der Waals surface area contributed by atoms with Crippen LogP contribution in [0.15, 0.2) is 36.4 Å². The number of carbonyl (C=O) groups excluding carboxylic acids is 2. The number of aromatic nitrogens is 1. The zero-order chi connectivity index (χ0) is 13.4. The molecule has 0 saturated heterocycles. The van der Waals surface area contributed by atoms with Crippen molar-refractivity contribution < 1.29 is 14.3 Å². The number of benzene rings is 2. The van der Waals surface area contributed by atoms with Crippen molar-refractivity contribution in [3.05, 3.63) is 47.5 Å². The fraction of sp³-hybridized carbons (Fsp3) is 0.0667. The molecule has 0 aliphatic rings. The van der Waals surface area contributed by atoms with Crippen molar-refractivity contribution in [3.8, 4) is 0 Å². The molecule has 4 nitrogen and oxygen atoms in total. The number of hydrogen-bond donors (Lipinski definition) is 1. The van der Waals surface area contributed by atoms with Gasteiger partial charge in [-0.25, -0.2) is 4.79 Å². The average Bonchev–Trinajstić information content (AvgIpc) is 2.83. The van der Waals surface area contributed by atoms with Gasteiger partial charge in [-0.3, -0.25) is 4.79 Å². The van der Waals surface area contributed by atoms with E-state index in [-0.39, 0.29) is 5.97 Å². The summed E-state index contributed by atoms with van der Waals surface area (Å²) in [5.41, 5.74) is 2.80. The molecule has 94 valence electrons. The van der Waals surface area contributed by atoms with Gasteiger partial charge in [-0.1, -0.05) is 18.2 Å². The number of aromatic amines is 1. The largest absolute Gasteiger partial charge is 0.465 e. The first kappa shape index (κ1) is 11.5. The molecule has 0 radical (unpaired) electrons. The lowest BCUT2D eigenvalue weighted by molar-refractivity contribution is 0.0601. The van der Waals surface area contributed by atoms with E-state index in [1.807, 2.05) is 18.2 Å². The standard InChI is InChI=1S/C15H11NO3/c1-19-15(18)9-5-6-11-13(7-9)16-12-4-2-3-10(8-17)14(11)12/h2-8,16H,1H3. The Morgan fingerprint density at radius 2 is 2.05 bits per heavy atom. The molecule has 0 atom stereocenters. The van der Waals surface area contributed by atoms with Crippen LogP contribution in [0.25, 0.3) is 21.8 Å². The van der Waals surface area contributed by atoms with Crippen LogP contribution in [0.2, 0.25) is 0 Å². The van der Waals surface area contributed by atoms with Crippen LogP contribution in [0.4, 0.5) is 0 Å². The van der Waals surface area contributed by atoms with E-state index < -0.39 is 0 Å². The summed E-state index contributed by atoms with van der Waals surface area (Å²) in [4.78, 5) is 25.8. The zero-order valence-electron chi connectivity index (χ0n) is 10.3. The van der Waals surface area contributed by atoms with Gasteiger partial charge in [-0.2, -0.15) is 0 Å². The molecule has 0 aliphatic carbocycles. The summed E-state index contributed by atoms with van der Waals surface area (Å²) in [5, 5.41) is 1.80. The number of rotatable bonds is 2. The molecule has 0 saturated carbocycles. The molecule has 2 aromatic carbocycles. The van der Waals surface area contributed by atoms with Gasteiger partial charge in [0.05, 0.1) is 12.7 Å². The van der Waals surface area contributed by atoms with Gasteiger partial charge in [0.25, 0.3) is 0 Å². The molecular formula is C15H11NO3. The van der Waals surface area contributed by atoms with E-state index in [2.05, 4.69) is 4.98 Å². The average molecular weight is 253 g/mol. The van der Waals surface area contributed by atoms with Crippen molar-refractivity contribution in [3.63, 3.8) is 0 Å². The van der Waals surface area contributed by atoms with Gasteiger partial charge in [0.1, 0.15) is 0 Å². The molecule has 1 N–H and O–H groups in total. The van der Waals surface area contributed by atoms with Gasteiger partial charge in [0.15, 0.2) is 6.29 Å². The SMILES string of the molecule is COC(=O)c1ccc2c(c1)[nH]c1cccc(C=O)c12. The van der Waals surface area contributed by atoms with E-state index >= 15 is 0 Å². The molecule has 3 aromatic rings. The monoisotopic (exact) mass is 253 g/mol. The maximum atomic E-state index is 11.5. The van der Waals surface area contributed by atoms with Crippen molar-refractivity contribution in [2.24, 2.45) is 0 Å². The van der Waals surface area contributed by atoms with Crippen molar-refractivity contribution in [1.82, 2.24) is 4.98 Å². The Balaban J connectivity index is 2.35. The van der Waals surface area contributed by atoms with Crippen LogP contribution >= 0.6 is 0 Å². The summed E-state index contributed by atoms with van der Waals surface area (Å²) < 4.78 is 4.70. The van der Waals surface area contributed by atoms with Gasteiger partial charge in [-0.15, -0.1) is 0 Å². The minimum atomic E-state index is -0.379. The molecule has 0 bridgehead atoms. The summed E-state index contributed by atoms with van der Waals surface area (Å²) in [5.74, 6) is -0.379. The molecule has 1 heterocycles. The predicted molar refractivity (Wildman–Crippen MR) is 72.5 cm³/mol. The summed E-state index contributed by atoms with van der Waals surface area (Å²) in [6.07, 6.45) is 0.837. The van der Waals surface area contributed by atoms with E-state index in [1.165, 1.54) is 7.11 Å². The van der Waals surface area contributed by atoms with E-state index in [0.717, 1.165) is 28.1 Å². The van der Waals surface area contributed by atoms with E-state index in [9.17, 15) is 9.59 Å². The number of nitrogens with one attached hydrogen (secondary N) is 1. The minimum Gasteiger partial charge on any atom is -0.465 e. The number of fused-ring (bicyclic) bond motifs is 3. The lowest BCUT2D eigenvalue weighted by atomic mass is 10.1. The maximum Gasteiger partial charge on any atom is 0.337 e. The highest BCUT2D eigenvalue weighted by Gasteiger charge is 2.11. The van der Waals surface area contributed by atoms with Crippen LogP contribution in [-0.4, -0.2) is 24.3 Å². The molecule has 1 aromatic heterocycles. The Morgan fingerprint density at radius 1 is 1.21 bits per heavy atom. The topological polar surface area (TPSA) is 59.2 Å². The maximum absolute atomic E-state index is 11.5. The highest BCUT2D eigenvalue weighted by atomic mass is 16.5. The molecule has 0 aliphatic heterocycles. The Labute approximate surface area is 109 Å². The van der Waals surface area contributed by atoms with Crippen LogP contribution in [0, 0.1) is 0 Å². The molecule has 0 fully saturated rings. The smallest absolute Gasteiger partial charge is 0.337 e. The first-order valence-electron chi connectivity index (χ1n) is 5.82. The summed E-state index contributed by atoms with van der Waals surface area (Å²) in [6.45, 7) is 0. The van der Waals surface area contributed by atoms with Gasteiger partial charge in [0.2, 0.25) is 0 Å². The number of ether oxygens (including phenoxy) is 1. The number of carbonyl (C=O) groups is 2. The number of esters is 1. The van der Waals surface area contributed by atoms with E-state index in [0.29, 0.717) is 11.1 Å². The number of hydrogen-bond acceptors (Lipinski definition) is 3. The molecule has 4 heteroatoms. The van der Waals surface area contributed by atoms with Gasteiger partial charge in [-0.05, 0) is 18.2 Å². The summed E-state index contributed by atoms with van der Waals surface area (Å²) >= 11 is 0. The molecular weight excluding hydrogens is 242 g/mol. The van der Waals surface area contributed by atoms with Crippen LogP contribution in [0.1, 0.15) is 20.7 Å². The van der Waals surface area contributed by atoms with E-state index in [4.69, 9.17) is 4.74 Å². The second-order valence-electron chi connectivity index (χ2n) is 4.26. The van der Waals surface area contributed by atoms with Crippen LogP contribution in [0.5, 0.6) is 0 Å². The van der Waals surface area contributed by atoms with Crippen LogP contribution in [0.3, 0.4) is 0 Å². The lowest BCUT2D eigenvalue weighted by Crippen LogP contribution is -2.00. The normalized spacial score (nSPS) is 10.8. The third-order valence-electron chi connectivity index (χ3n) is 3.20. The molecule has 3 rings (SSSR count). The Bertz CT molecular complexity index is 802. The second kappa shape index (κ2) is 4.24. The fourth-order valence-electron chi connectivity index (χ4n) is 2.33. The van der Waals surface area contributed by atoms with E-state index in [1.54, 1.807) is 18.2 Å². The molecule has 0 spiro atoms. The first-order valence-corrected chi connectivity index (χ1v) is 5.82.